The number of anilines is 1. The van der Waals surface area contributed by atoms with Crippen molar-refractivity contribution in [1.82, 2.24) is 9.78 Å². The zero-order valence-corrected chi connectivity index (χ0v) is 21.0. The summed E-state index contributed by atoms with van der Waals surface area (Å²) in [4.78, 5) is 28.7. The molecule has 0 fully saturated rings. The van der Waals surface area contributed by atoms with Crippen LogP contribution in [0.1, 0.15) is 36.6 Å². The number of imide groups is 1. The first-order valence-corrected chi connectivity index (χ1v) is 12.0. The van der Waals surface area contributed by atoms with Crippen molar-refractivity contribution in [1.29, 1.82) is 0 Å². The van der Waals surface area contributed by atoms with Gasteiger partial charge in [-0.15, -0.1) is 0 Å². The predicted octanol–water partition coefficient (Wildman–Crippen LogP) is 4.40. The van der Waals surface area contributed by atoms with Crippen molar-refractivity contribution < 1.29 is 23.7 Å². The Kier molecular flexibility index (Phi) is 6.13. The maximum atomic E-state index is 13.9. The highest BCUT2D eigenvalue weighted by molar-refractivity contribution is 6.53. The van der Waals surface area contributed by atoms with E-state index in [2.05, 4.69) is 5.10 Å². The first-order valence-electron chi connectivity index (χ1n) is 11.6. The number of rotatable bonds is 5. The lowest BCUT2D eigenvalue weighted by molar-refractivity contribution is -0.577. The summed E-state index contributed by atoms with van der Waals surface area (Å²) in [5, 5.41) is 18.9. The van der Waals surface area contributed by atoms with Crippen molar-refractivity contribution in [2.75, 3.05) is 4.90 Å². The number of benzene rings is 2. The number of aryl methyl sites for hydroxylation is 1. The van der Waals surface area contributed by atoms with Gasteiger partial charge in [0.1, 0.15) is 11.4 Å². The van der Waals surface area contributed by atoms with Crippen LogP contribution in [-0.2, 0) is 9.59 Å². The largest absolute Gasteiger partial charge is 0.858 e. The Morgan fingerprint density at radius 3 is 2.24 bits per heavy atom. The molecule has 0 unspecified atom stereocenters. The number of pyridine rings is 1. The first-order chi connectivity index (χ1) is 17.7. The van der Waals surface area contributed by atoms with E-state index in [-0.39, 0.29) is 28.4 Å². The summed E-state index contributed by atoms with van der Waals surface area (Å²) in [6.45, 7) is 5.57. The Morgan fingerprint density at radius 1 is 0.973 bits per heavy atom. The van der Waals surface area contributed by atoms with Crippen LogP contribution in [0.3, 0.4) is 0 Å². The quantitative estimate of drug-likeness (QED) is 0.291. The van der Waals surface area contributed by atoms with Gasteiger partial charge in [0.2, 0.25) is 0 Å². The number of carbonyl (C=O) groups is 2. The number of hydrogen-bond donors (Lipinski definition) is 0. The van der Waals surface area contributed by atoms with Crippen LogP contribution in [0.15, 0.2) is 73.1 Å². The standard InChI is InChI=1S/C28H22ClFN4O3/c1-16(2)24-22(27(36)34(31-24)21-10-6-18(29)7-11-21)23-25(32-14-4-5-17(3)15-32)28(37)33(26(23)35)20-12-8-19(30)9-13-20/h4-16H,1-3H3. The van der Waals surface area contributed by atoms with Crippen molar-refractivity contribution in [2.45, 2.75) is 26.7 Å². The fraction of sp³-hybridized carbons (Fsp3) is 0.143. The molecular formula is C28H22ClFN4O3. The van der Waals surface area contributed by atoms with E-state index < -0.39 is 23.5 Å². The van der Waals surface area contributed by atoms with E-state index in [4.69, 9.17) is 11.6 Å². The molecule has 0 aliphatic carbocycles. The van der Waals surface area contributed by atoms with E-state index in [1.165, 1.54) is 33.5 Å². The second-order valence-corrected chi connectivity index (χ2v) is 9.48. The SMILES string of the molecule is Cc1ccc[n+](C2=C(c3c(C(C)C)nn(-c4ccc(Cl)cc4)c3[O-])C(=O)N(c3ccc(F)cc3)C2=O)c1. The van der Waals surface area contributed by atoms with E-state index in [9.17, 15) is 19.1 Å². The Bertz CT molecular complexity index is 1570. The van der Waals surface area contributed by atoms with Crippen LogP contribution in [0.5, 0.6) is 5.88 Å². The molecule has 1 aliphatic rings. The van der Waals surface area contributed by atoms with Crippen molar-refractivity contribution in [3.8, 4) is 11.6 Å². The lowest BCUT2D eigenvalue weighted by Crippen LogP contribution is -2.39. The van der Waals surface area contributed by atoms with Gasteiger partial charge in [-0.05, 0) is 73.3 Å². The van der Waals surface area contributed by atoms with E-state index in [1.807, 2.05) is 26.8 Å². The molecule has 0 bridgehead atoms. The lowest BCUT2D eigenvalue weighted by Gasteiger charge is -2.16. The Hall–Kier alpha value is -4.30. The van der Waals surface area contributed by atoms with Gasteiger partial charge in [-0.3, -0.25) is 9.59 Å². The van der Waals surface area contributed by atoms with Crippen LogP contribution in [0, 0.1) is 12.7 Å². The Labute approximate surface area is 217 Å². The molecule has 0 saturated carbocycles. The third-order valence-electron chi connectivity index (χ3n) is 6.09. The number of halogens is 2. The molecule has 2 amide bonds. The van der Waals surface area contributed by atoms with Gasteiger partial charge in [-0.25, -0.2) is 14.0 Å². The predicted molar refractivity (Wildman–Crippen MR) is 135 cm³/mol. The van der Waals surface area contributed by atoms with E-state index in [0.29, 0.717) is 16.4 Å². The molecule has 0 saturated heterocycles. The minimum Gasteiger partial charge on any atom is -0.858 e. The molecule has 4 aromatic rings. The number of carbonyl (C=O) groups excluding carboxylic acids is 2. The molecular weight excluding hydrogens is 495 g/mol. The summed E-state index contributed by atoms with van der Waals surface area (Å²) < 4.78 is 16.4. The molecule has 7 nitrogen and oxygen atoms in total. The number of aromatic nitrogens is 3. The van der Waals surface area contributed by atoms with Gasteiger partial charge >= 0.3 is 5.91 Å². The number of hydrogen-bond acceptors (Lipinski definition) is 4. The normalized spacial score (nSPS) is 13.8. The topological polar surface area (TPSA) is 82.1 Å². The van der Waals surface area contributed by atoms with Crippen LogP contribution in [0.25, 0.3) is 17.0 Å². The van der Waals surface area contributed by atoms with Gasteiger partial charge in [-0.2, -0.15) is 9.67 Å². The molecule has 1 aliphatic heterocycles. The van der Waals surface area contributed by atoms with Gasteiger partial charge in [0, 0.05) is 22.2 Å². The van der Waals surface area contributed by atoms with Gasteiger partial charge in [0.25, 0.3) is 11.6 Å². The maximum absolute atomic E-state index is 13.9. The molecule has 37 heavy (non-hydrogen) atoms. The maximum Gasteiger partial charge on any atom is 0.331 e. The van der Waals surface area contributed by atoms with Crippen LogP contribution >= 0.6 is 11.6 Å². The highest BCUT2D eigenvalue weighted by Gasteiger charge is 2.47. The highest BCUT2D eigenvalue weighted by atomic mass is 35.5. The molecule has 2 aromatic heterocycles. The average Bonchev–Trinajstić information content (AvgIpc) is 3.33. The smallest absolute Gasteiger partial charge is 0.331 e. The highest BCUT2D eigenvalue weighted by Crippen LogP contribution is 2.40. The van der Waals surface area contributed by atoms with E-state index in [0.717, 1.165) is 10.5 Å². The molecule has 0 spiro atoms. The van der Waals surface area contributed by atoms with Gasteiger partial charge in [0.15, 0.2) is 12.4 Å². The minimum absolute atomic E-state index is 0.0210. The van der Waals surface area contributed by atoms with Crippen molar-refractivity contribution in [2.24, 2.45) is 0 Å². The molecule has 5 rings (SSSR count). The Balaban J connectivity index is 1.79. The summed E-state index contributed by atoms with van der Waals surface area (Å²) in [6.07, 6.45) is 3.35. The molecule has 186 valence electrons. The third kappa shape index (κ3) is 4.19. The number of nitrogens with zero attached hydrogens (tertiary/aromatic N) is 4. The van der Waals surface area contributed by atoms with Crippen molar-refractivity contribution in [3.05, 3.63) is 101 Å². The fourth-order valence-electron chi connectivity index (χ4n) is 4.35. The molecule has 0 radical (unpaired) electrons. The summed E-state index contributed by atoms with van der Waals surface area (Å²) in [5.74, 6) is -2.59. The van der Waals surface area contributed by atoms with Gasteiger partial charge in [0.05, 0.1) is 17.1 Å². The summed E-state index contributed by atoms with van der Waals surface area (Å²) in [7, 11) is 0. The lowest BCUT2D eigenvalue weighted by atomic mass is 9.98. The summed E-state index contributed by atoms with van der Waals surface area (Å²) in [6, 6.07) is 15.2. The van der Waals surface area contributed by atoms with Gasteiger partial charge < -0.3 is 5.11 Å². The second-order valence-electron chi connectivity index (χ2n) is 9.04. The molecule has 3 heterocycles. The van der Waals surface area contributed by atoms with Gasteiger partial charge in [-0.1, -0.05) is 25.4 Å². The van der Waals surface area contributed by atoms with Crippen LogP contribution < -0.4 is 14.6 Å². The third-order valence-corrected chi connectivity index (χ3v) is 6.34. The van der Waals surface area contributed by atoms with Crippen molar-refractivity contribution >= 4 is 40.4 Å². The molecule has 0 atom stereocenters. The summed E-state index contributed by atoms with van der Waals surface area (Å²) in [5.41, 5.74) is 1.91. The van der Waals surface area contributed by atoms with E-state index in [1.54, 1.807) is 42.7 Å². The minimum atomic E-state index is -0.685. The molecule has 2 aromatic carbocycles. The zero-order valence-electron chi connectivity index (χ0n) is 20.3. The molecule has 0 N–H and O–H groups in total. The van der Waals surface area contributed by atoms with Crippen LogP contribution in [0.2, 0.25) is 5.02 Å². The van der Waals surface area contributed by atoms with Crippen LogP contribution in [0.4, 0.5) is 10.1 Å². The second kappa shape index (κ2) is 9.29. The summed E-state index contributed by atoms with van der Waals surface area (Å²) >= 11 is 6.02. The fourth-order valence-corrected chi connectivity index (χ4v) is 4.48. The zero-order chi connectivity index (χ0) is 26.4. The van der Waals surface area contributed by atoms with Crippen molar-refractivity contribution in [3.63, 3.8) is 0 Å². The monoisotopic (exact) mass is 516 g/mol. The number of amides is 2. The first kappa shape index (κ1) is 24.4. The van der Waals surface area contributed by atoms with E-state index >= 15 is 0 Å². The average molecular weight is 517 g/mol. The Morgan fingerprint density at radius 2 is 1.62 bits per heavy atom. The van der Waals surface area contributed by atoms with Crippen LogP contribution in [-0.4, -0.2) is 21.6 Å². The molecule has 9 heteroatoms.